The van der Waals surface area contributed by atoms with Gasteiger partial charge < -0.3 is 14.3 Å². The van der Waals surface area contributed by atoms with Crippen LogP contribution in [0.15, 0.2) is 28.4 Å². The maximum Gasteiger partial charge on any atom is 0.308 e. The number of esters is 1. The minimum Gasteiger partial charge on any atom is -0.469 e. The van der Waals surface area contributed by atoms with Gasteiger partial charge in [-0.2, -0.15) is 0 Å². The topological polar surface area (TPSA) is 59.7 Å². The molecule has 1 N–H and O–H groups in total. The van der Waals surface area contributed by atoms with Crippen molar-refractivity contribution in [2.75, 3.05) is 7.11 Å². The molecule has 1 aromatic rings. The van der Waals surface area contributed by atoms with E-state index in [2.05, 4.69) is 4.74 Å². The quantitative estimate of drug-likeness (QED) is 0.767. The van der Waals surface area contributed by atoms with Crippen LogP contribution < -0.4 is 0 Å². The van der Waals surface area contributed by atoms with E-state index in [-0.39, 0.29) is 6.42 Å². The molecule has 1 unspecified atom stereocenters. The zero-order valence-electron chi connectivity index (χ0n) is 8.77. The summed E-state index contributed by atoms with van der Waals surface area (Å²) in [5, 5.41) is 9.61. The number of hydrogen-bond acceptors (Lipinski definition) is 4. The summed E-state index contributed by atoms with van der Waals surface area (Å²) in [5.41, 5.74) is 0.662. The van der Waals surface area contributed by atoms with E-state index in [0.717, 1.165) is 0 Å². The molecule has 0 aliphatic carbocycles. The van der Waals surface area contributed by atoms with Crippen LogP contribution in [0.4, 0.5) is 0 Å². The van der Waals surface area contributed by atoms with Crippen molar-refractivity contribution in [1.29, 1.82) is 0 Å². The Labute approximate surface area is 88.2 Å². The van der Waals surface area contributed by atoms with E-state index in [9.17, 15) is 9.90 Å². The number of ether oxygens (including phenoxy) is 1. The van der Waals surface area contributed by atoms with Gasteiger partial charge in [-0.15, -0.1) is 0 Å². The molecule has 1 aromatic heterocycles. The second-order valence-electron chi connectivity index (χ2n) is 3.20. The summed E-state index contributed by atoms with van der Waals surface area (Å²) >= 11 is 0. The molecule has 0 aliphatic heterocycles. The van der Waals surface area contributed by atoms with Gasteiger partial charge in [0, 0.05) is 0 Å². The molecule has 4 heteroatoms. The number of hydrogen-bond donors (Lipinski definition) is 1. The Bertz CT molecular complexity index is 337. The van der Waals surface area contributed by atoms with Gasteiger partial charge in [-0.1, -0.05) is 0 Å². The van der Waals surface area contributed by atoms with Crippen LogP contribution >= 0.6 is 0 Å². The maximum atomic E-state index is 10.9. The Morgan fingerprint density at radius 2 is 2.47 bits per heavy atom. The van der Waals surface area contributed by atoms with Crippen LogP contribution in [0.5, 0.6) is 0 Å². The average Bonchev–Trinajstić information content (AvgIpc) is 2.70. The first-order valence-electron chi connectivity index (χ1n) is 4.60. The largest absolute Gasteiger partial charge is 0.469 e. The van der Waals surface area contributed by atoms with Crippen molar-refractivity contribution in [1.82, 2.24) is 0 Å². The SMILES string of the molecule is COC(=O)CC(O)/C(C)=C/c1ccco1. The fourth-order valence-electron chi connectivity index (χ4n) is 1.10. The predicted octanol–water partition coefficient (Wildman–Crippen LogP) is 1.61. The third kappa shape index (κ3) is 3.59. The zero-order chi connectivity index (χ0) is 11.3. The standard InChI is InChI=1S/C11H14O4/c1-8(6-9-4-3-5-15-9)10(12)7-11(13)14-2/h3-6,10,12H,7H2,1-2H3/b8-6+. The van der Waals surface area contributed by atoms with E-state index in [1.807, 2.05) is 0 Å². The molecule has 1 rings (SSSR count). The van der Waals surface area contributed by atoms with Crippen molar-refractivity contribution in [2.45, 2.75) is 19.4 Å². The summed E-state index contributed by atoms with van der Waals surface area (Å²) in [6, 6.07) is 3.53. The minimum atomic E-state index is -0.831. The Kier molecular flexibility index (Phi) is 4.12. The third-order valence-electron chi connectivity index (χ3n) is 2.03. The Balaban J connectivity index is 2.60. The van der Waals surface area contributed by atoms with Crippen LogP contribution in [0.3, 0.4) is 0 Å². The molecule has 0 saturated heterocycles. The summed E-state index contributed by atoms with van der Waals surface area (Å²) in [4.78, 5) is 10.9. The van der Waals surface area contributed by atoms with E-state index in [1.54, 1.807) is 31.4 Å². The highest BCUT2D eigenvalue weighted by molar-refractivity contribution is 5.70. The number of carbonyl (C=O) groups is 1. The first-order chi connectivity index (χ1) is 7.13. The first kappa shape index (κ1) is 11.5. The fourth-order valence-corrected chi connectivity index (χ4v) is 1.10. The molecule has 82 valence electrons. The highest BCUT2D eigenvalue weighted by Crippen LogP contribution is 2.12. The molecule has 0 saturated carbocycles. The van der Waals surface area contributed by atoms with Crippen molar-refractivity contribution in [3.05, 3.63) is 29.7 Å². The molecular formula is C11H14O4. The summed E-state index contributed by atoms with van der Waals surface area (Å²) in [6.07, 6.45) is 2.36. The summed E-state index contributed by atoms with van der Waals surface area (Å²) in [7, 11) is 1.29. The van der Waals surface area contributed by atoms with Crippen molar-refractivity contribution in [2.24, 2.45) is 0 Å². The lowest BCUT2D eigenvalue weighted by Gasteiger charge is -2.08. The van der Waals surface area contributed by atoms with Crippen LogP contribution in [0, 0.1) is 0 Å². The van der Waals surface area contributed by atoms with Gasteiger partial charge >= 0.3 is 5.97 Å². The van der Waals surface area contributed by atoms with Gasteiger partial charge in [0.15, 0.2) is 0 Å². The lowest BCUT2D eigenvalue weighted by Crippen LogP contribution is -2.15. The van der Waals surface area contributed by atoms with E-state index < -0.39 is 12.1 Å². The molecule has 0 fully saturated rings. The molecule has 0 spiro atoms. The number of aliphatic hydroxyl groups is 1. The molecule has 1 atom stereocenters. The fraction of sp³-hybridized carbons (Fsp3) is 0.364. The predicted molar refractivity (Wildman–Crippen MR) is 55.0 cm³/mol. The summed E-state index contributed by atoms with van der Waals surface area (Å²) in [6.45, 7) is 1.73. The number of carbonyl (C=O) groups excluding carboxylic acids is 1. The van der Waals surface area contributed by atoms with Crippen molar-refractivity contribution < 1.29 is 19.1 Å². The number of aliphatic hydroxyl groups excluding tert-OH is 1. The molecule has 15 heavy (non-hydrogen) atoms. The highest BCUT2D eigenvalue weighted by atomic mass is 16.5. The van der Waals surface area contributed by atoms with Gasteiger partial charge in [0.2, 0.25) is 0 Å². The van der Waals surface area contributed by atoms with Crippen molar-refractivity contribution in [3.63, 3.8) is 0 Å². The molecule has 0 radical (unpaired) electrons. The van der Waals surface area contributed by atoms with Crippen LogP contribution in [0.2, 0.25) is 0 Å². The monoisotopic (exact) mass is 210 g/mol. The molecule has 4 nitrogen and oxygen atoms in total. The first-order valence-corrected chi connectivity index (χ1v) is 4.60. The van der Waals surface area contributed by atoms with Gasteiger partial charge in [0.25, 0.3) is 0 Å². The summed E-state index contributed by atoms with van der Waals surface area (Å²) < 4.78 is 9.54. The molecule has 0 bridgehead atoms. The van der Waals surface area contributed by atoms with Crippen LogP contribution in [-0.2, 0) is 9.53 Å². The highest BCUT2D eigenvalue weighted by Gasteiger charge is 2.12. The number of methoxy groups -OCH3 is 1. The smallest absolute Gasteiger partial charge is 0.308 e. The average molecular weight is 210 g/mol. The Morgan fingerprint density at radius 1 is 1.73 bits per heavy atom. The maximum absolute atomic E-state index is 10.9. The zero-order valence-corrected chi connectivity index (χ0v) is 8.77. The van der Waals surface area contributed by atoms with Crippen LogP contribution in [-0.4, -0.2) is 24.3 Å². The summed E-state index contributed by atoms with van der Waals surface area (Å²) in [5.74, 6) is 0.214. The molecule has 0 aliphatic rings. The van der Waals surface area contributed by atoms with Gasteiger partial charge in [0.1, 0.15) is 5.76 Å². The molecule has 0 aromatic carbocycles. The van der Waals surface area contributed by atoms with Gasteiger partial charge in [-0.3, -0.25) is 4.79 Å². The van der Waals surface area contributed by atoms with Gasteiger partial charge in [0.05, 0.1) is 25.9 Å². The van der Waals surface area contributed by atoms with Crippen molar-refractivity contribution in [3.8, 4) is 0 Å². The Morgan fingerprint density at radius 3 is 3.00 bits per heavy atom. The van der Waals surface area contributed by atoms with E-state index in [4.69, 9.17) is 4.42 Å². The van der Waals surface area contributed by atoms with Crippen molar-refractivity contribution >= 4 is 12.0 Å². The second-order valence-corrected chi connectivity index (χ2v) is 3.20. The van der Waals surface area contributed by atoms with E-state index in [0.29, 0.717) is 11.3 Å². The normalized spacial score (nSPS) is 13.7. The van der Waals surface area contributed by atoms with Crippen LogP contribution in [0.25, 0.3) is 6.08 Å². The number of rotatable bonds is 4. The number of furan rings is 1. The molecule has 0 amide bonds. The Hall–Kier alpha value is -1.55. The molecular weight excluding hydrogens is 196 g/mol. The lowest BCUT2D eigenvalue weighted by atomic mass is 10.1. The van der Waals surface area contributed by atoms with E-state index in [1.165, 1.54) is 7.11 Å². The van der Waals surface area contributed by atoms with Gasteiger partial charge in [-0.25, -0.2) is 0 Å². The third-order valence-corrected chi connectivity index (χ3v) is 2.03. The van der Waals surface area contributed by atoms with Crippen LogP contribution in [0.1, 0.15) is 19.1 Å². The van der Waals surface area contributed by atoms with Gasteiger partial charge in [-0.05, 0) is 30.7 Å². The molecule has 1 heterocycles. The lowest BCUT2D eigenvalue weighted by molar-refractivity contribution is -0.142. The van der Waals surface area contributed by atoms with E-state index >= 15 is 0 Å². The minimum absolute atomic E-state index is 0.0421. The second kappa shape index (κ2) is 5.36.